The molecule has 1 fully saturated rings. The summed E-state index contributed by atoms with van der Waals surface area (Å²) in [6, 6.07) is 0.481. The molecule has 24 heavy (non-hydrogen) atoms. The summed E-state index contributed by atoms with van der Waals surface area (Å²) >= 11 is 0. The van der Waals surface area contributed by atoms with Crippen LogP contribution in [0.5, 0.6) is 0 Å². The van der Waals surface area contributed by atoms with Crippen LogP contribution in [0.1, 0.15) is 56.2 Å². The van der Waals surface area contributed by atoms with Crippen LogP contribution in [0.2, 0.25) is 0 Å². The van der Waals surface area contributed by atoms with Crippen molar-refractivity contribution in [2.24, 2.45) is 0 Å². The standard InChI is InChI=1S/C18H28N4O2/c1-11(23)9-22(14-7-5-4-6-8-14)10-15-20-17(19)16-12(2)13(3)24-18(16)21-15/h11,14,23H,4-10H2,1-3H3,(H2,19,20,21). The van der Waals surface area contributed by atoms with E-state index in [4.69, 9.17) is 10.2 Å². The lowest BCUT2D eigenvalue weighted by atomic mass is 9.94. The van der Waals surface area contributed by atoms with Gasteiger partial charge in [-0.3, -0.25) is 4.90 Å². The molecule has 1 aliphatic rings. The molecule has 0 amide bonds. The molecule has 1 atom stereocenters. The maximum Gasteiger partial charge on any atom is 0.231 e. The molecule has 1 unspecified atom stereocenters. The van der Waals surface area contributed by atoms with Crippen molar-refractivity contribution in [3.05, 3.63) is 17.1 Å². The van der Waals surface area contributed by atoms with Crippen LogP contribution in [0.15, 0.2) is 4.42 Å². The average Bonchev–Trinajstić information content (AvgIpc) is 2.82. The molecular formula is C18H28N4O2. The molecule has 1 aliphatic carbocycles. The summed E-state index contributed by atoms with van der Waals surface area (Å²) in [6.07, 6.45) is 5.77. The van der Waals surface area contributed by atoms with Gasteiger partial charge in [0.2, 0.25) is 5.71 Å². The fourth-order valence-corrected chi connectivity index (χ4v) is 3.71. The van der Waals surface area contributed by atoms with Gasteiger partial charge in [-0.2, -0.15) is 4.98 Å². The fraction of sp³-hybridized carbons (Fsp3) is 0.667. The van der Waals surface area contributed by atoms with Crippen molar-refractivity contribution in [3.8, 4) is 0 Å². The van der Waals surface area contributed by atoms with E-state index in [2.05, 4.69) is 14.9 Å². The number of hydrogen-bond donors (Lipinski definition) is 2. The highest BCUT2D eigenvalue weighted by Gasteiger charge is 2.24. The number of rotatable bonds is 5. The lowest BCUT2D eigenvalue weighted by Gasteiger charge is -2.34. The minimum Gasteiger partial charge on any atom is -0.443 e. The van der Waals surface area contributed by atoms with Gasteiger partial charge in [-0.05, 0) is 33.6 Å². The van der Waals surface area contributed by atoms with E-state index in [0.717, 1.165) is 16.7 Å². The first kappa shape index (κ1) is 17.2. The van der Waals surface area contributed by atoms with Gasteiger partial charge in [0.15, 0.2) is 0 Å². The van der Waals surface area contributed by atoms with E-state index in [0.29, 0.717) is 36.5 Å². The Bertz CT molecular complexity index is 705. The SMILES string of the molecule is Cc1oc2nc(CN(CC(C)O)C3CCCCC3)nc(N)c2c1C. The third kappa shape index (κ3) is 3.54. The molecule has 1 saturated carbocycles. The summed E-state index contributed by atoms with van der Waals surface area (Å²) < 4.78 is 5.73. The first-order valence-corrected chi connectivity index (χ1v) is 8.90. The Morgan fingerprint density at radius 3 is 2.62 bits per heavy atom. The lowest BCUT2D eigenvalue weighted by Crippen LogP contribution is -2.40. The smallest absolute Gasteiger partial charge is 0.231 e. The third-order valence-electron chi connectivity index (χ3n) is 5.04. The number of aliphatic hydroxyl groups excluding tert-OH is 1. The van der Waals surface area contributed by atoms with Crippen molar-refractivity contribution < 1.29 is 9.52 Å². The maximum absolute atomic E-state index is 9.87. The van der Waals surface area contributed by atoms with Crippen LogP contribution in [0, 0.1) is 13.8 Å². The van der Waals surface area contributed by atoms with E-state index in [1.807, 2.05) is 20.8 Å². The molecule has 0 saturated heterocycles. The van der Waals surface area contributed by atoms with Gasteiger partial charge in [-0.1, -0.05) is 19.3 Å². The van der Waals surface area contributed by atoms with Gasteiger partial charge in [0.25, 0.3) is 0 Å². The zero-order valence-electron chi connectivity index (χ0n) is 14.9. The minimum atomic E-state index is -0.374. The second-order valence-corrected chi connectivity index (χ2v) is 7.06. The second kappa shape index (κ2) is 7.07. The summed E-state index contributed by atoms with van der Waals surface area (Å²) in [5.41, 5.74) is 7.71. The van der Waals surface area contributed by atoms with Crippen LogP contribution in [0.25, 0.3) is 11.1 Å². The van der Waals surface area contributed by atoms with Crippen molar-refractivity contribution in [1.29, 1.82) is 0 Å². The van der Waals surface area contributed by atoms with E-state index >= 15 is 0 Å². The van der Waals surface area contributed by atoms with Gasteiger partial charge in [-0.25, -0.2) is 4.98 Å². The second-order valence-electron chi connectivity index (χ2n) is 7.06. The number of furan rings is 1. The number of aliphatic hydroxyl groups is 1. The summed E-state index contributed by atoms with van der Waals surface area (Å²) in [7, 11) is 0. The van der Waals surface area contributed by atoms with Crippen molar-refractivity contribution in [2.45, 2.75) is 71.6 Å². The Labute approximate surface area is 143 Å². The quantitative estimate of drug-likeness (QED) is 0.875. The molecule has 0 spiro atoms. The minimum absolute atomic E-state index is 0.374. The van der Waals surface area contributed by atoms with E-state index in [1.165, 1.54) is 32.1 Å². The largest absolute Gasteiger partial charge is 0.443 e. The van der Waals surface area contributed by atoms with Crippen LogP contribution < -0.4 is 5.73 Å². The molecule has 0 radical (unpaired) electrons. The van der Waals surface area contributed by atoms with Crippen LogP contribution in [0.3, 0.4) is 0 Å². The molecule has 0 aromatic carbocycles. The monoisotopic (exact) mass is 332 g/mol. The van der Waals surface area contributed by atoms with Gasteiger partial charge in [0.05, 0.1) is 18.0 Å². The fourth-order valence-electron chi connectivity index (χ4n) is 3.71. The predicted octanol–water partition coefficient (Wildman–Crippen LogP) is 2.94. The van der Waals surface area contributed by atoms with Crippen LogP contribution in [-0.2, 0) is 6.54 Å². The lowest BCUT2D eigenvalue weighted by molar-refractivity contribution is 0.0750. The molecule has 6 nitrogen and oxygen atoms in total. The van der Waals surface area contributed by atoms with E-state index < -0.39 is 0 Å². The molecule has 6 heteroatoms. The van der Waals surface area contributed by atoms with Crippen LogP contribution >= 0.6 is 0 Å². The first-order valence-electron chi connectivity index (χ1n) is 8.90. The molecule has 3 rings (SSSR count). The van der Waals surface area contributed by atoms with Crippen molar-refractivity contribution >= 4 is 16.9 Å². The summed E-state index contributed by atoms with van der Waals surface area (Å²) in [5.74, 6) is 1.97. The van der Waals surface area contributed by atoms with Crippen molar-refractivity contribution in [2.75, 3.05) is 12.3 Å². The van der Waals surface area contributed by atoms with Gasteiger partial charge >= 0.3 is 0 Å². The number of nitrogens with two attached hydrogens (primary N) is 1. The number of aromatic nitrogens is 2. The molecular weight excluding hydrogens is 304 g/mol. The number of nitrogen functional groups attached to an aromatic ring is 1. The van der Waals surface area contributed by atoms with Gasteiger partial charge in [0, 0.05) is 18.2 Å². The van der Waals surface area contributed by atoms with Gasteiger partial charge < -0.3 is 15.3 Å². The van der Waals surface area contributed by atoms with Crippen LogP contribution in [0.4, 0.5) is 5.82 Å². The maximum atomic E-state index is 9.87. The number of anilines is 1. The topological polar surface area (TPSA) is 88.4 Å². The van der Waals surface area contributed by atoms with E-state index in [9.17, 15) is 5.11 Å². The molecule has 2 aromatic heterocycles. The Morgan fingerprint density at radius 2 is 1.96 bits per heavy atom. The molecule has 0 bridgehead atoms. The first-order chi connectivity index (χ1) is 11.5. The van der Waals surface area contributed by atoms with Crippen molar-refractivity contribution in [1.82, 2.24) is 14.9 Å². The zero-order chi connectivity index (χ0) is 17.3. The number of aryl methyl sites for hydroxylation is 2. The highest BCUT2D eigenvalue weighted by molar-refractivity contribution is 5.88. The number of hydrogen-bond acceptors (Lipinski definition) is 6. The van der Waals surface area contributed by atoms with Gasteiger partial charge in [0.1, 0.15) is 17.4 Å². The highest BCUT2D eigenvalue weighted by atomic mass is 16.3. The Kier molecular flexibility index (Phi) is 5.06. The summed E-state index contributed by atoms with van der Waals surface area (Å²) in [5, 5.41) is 10.7. The zero-order valence-corrected chi connectivity index (χ0v) is 14.9. The Morgan fingerprint density at radius 1 is 1.25 bits per heavy atom. The summed E-state index contributed by atoms with van der Waals surface area (Å²) in [4.78, 5) is 11.4. The third-order valence-corrected chi connectivity index (χ3v) is 5.04. The van der Waals surface area contributed by atoms with Crippen molar-refractivity contribution in [3.63, 3.8) is 0 Å². The molecule has 2 aromatic rings. The van der Waals surface area contributed by atoms with Gasteiger partial charge in [-0.15, -0.1) is 0 Å². The molecule has 0 aliphatic heterocycles. The Balaban J connectivity index is 1.87. The average molecular weight is 332 g/mol. The summed E-state index contributed by atoms with van der Waals surface area (Å²) in [6.45, 7) is 6.93. The molecule has 3 N–H and O–H groups in total. The normalized spacial score (nSPS) is 17.7. The number of nitrogens with zero attached hydrogens (tertiary/aromatic N) is 3. The van der Waals surface area contributed by atoms with E-state index in [-0.39, 0.29) is 6.10 Å². The number of fused-ring (bicyclic) bond motifs is 1. The predicted molar refractivity (Wildman–Crippen MR) is 94.7 cm³/mol. The highest BCUT2D eigenvalue weighted by Crippen LogP contribution is 2.28. The van der Waals surface area contributed by atoms with E-state index in [1.54, 1.807) is 0 Å². The molecule has 2 heterocycles. The Hall–Kier alpha value is -1.66. The van der Waals surface area contributed by atoms with Crippen LogP contribution in [-0.4, -0.2) is 38.7 Å². The molecule has 132 valence electrons.